The fraction of sp³-hybridized carbons (Fsp3) is 0.435. The molecule has 1 atom stereocenters. The van der Waals surface area contributed by atoms with Gasteiger partial charge in [-0.05, 0) is 62.3 Å². The van der Waals surface area contributed by atoms with Gasteiger partial charge < -0.3 is 15.5 Å². The van der Waals surface area contributed by atoms with E-state index in [-0.39, 0.29) is 23.9 Å². The van der Waals surface area contributed by atoms with Crippen molar-refractivity contribution in [1.29, 1.82) is 0 Å². The zero-order valence-corrected chi connectivity index (χ0v) is 17.7. The van der Waals surface area contributed by atoms with Crippen molar-refractivity contribution < 1.29 is 14.4 Å². The highest BCUT2D eigenvalue weighted by molar-refractivity contribution is 6.11. The highest BCUT2D eigenvalue weighted by Crippen LogP contribution is 2.30. The number of nitrogens with zero attached hydrogens (tertiary/aromatic N) is 3. The Morgan fingerprint density at radius 1 is 1.09 bits per heavy atom. The molecule has 32 heavy (non-hydrogen) atoms. The van der Waals surface area contributed by atoms with E-state index in [2.05, 4.69) is 15.7 Å². The van der Waals surface area contributed by atoms with E-state index < -0.39 is 11.9 Å². The molecule has 0 spiro atoms. The zero-order valence-electron chi connectivity index (χ0n) is 17.7. The normalized spacial score (nSPS) is 19.9. The minimum absolute atomic E-state index is 0.181. The maximum atomic E-state index is 13.0. The summed E-state index contributed by atoms with van der Waals surface area (Å²) in [6.07, 6.45) is 6.29. The van der Waals surface area contributed by atoms with Gasteiger partial charge in [0.25, 0.3) is 11.5 Å². The van der Waals surface area contributed by atoms with Gasteiger partial charge in [-0.2, -0.15) is 5.10 Å². The van der Waals surface area contributed by atoms with Crippen molar-refractivity contribution in [3.05, 3.63) is 51.4 Å². The highest BCUT2D eigenvalue weighted by atomic mass is 16.2. The van der Waals surface area contributed by atoms with Gasteiger partial charge in [-0.15, -0.1) is 0 Å². The summed E-state index contributed by atoms with van der Waals surface area (Å²) in [5.74, 6) is -0.807. The molecule has 3 amide bonds. The molecule has 3 heterocycles. The number of anilines is 2. The number of aryl methyl sites for hydroxylation is 2. The first-order valence-electron chi connectivity index (χ1n) is 11.2. The van der Waals surface area contributed by atoms with Crippen LogP contribution in [0.4, 0.5) is 11.4 Å². The molecule has 1 fully saturated rings. The molecule has 3 aliphatic rings. The minimum atomic E-state index is -0.445. The molecule has 2 aromatic rings. The van der Waals surface area contributed by atoms with Gasteiger partial charge in [-0.1, -0.05) is 6.42 Å². The van der Waals surface area contributed by atoms with E-state index in [0.717, 1.165) is 49.8 Å². The van der Waals surface area contributed by atoms with Crippen LogP contribution in [0.3, 0.4) is 0 Å². The number of carbonyl (C=O) groups excluding carboxylic acids is 3. The Hall–Kier alpha value is -3.49. The quantitative estimate of drug-likeness (QED) is 0.713. The number of carbonyl (C=O) groups is 3. The molecule has 2 N–H and O–H groups in total. The molecular weight excluding hydrogens is 410 g/mol. The predicted octanol–water partition coefficient (Wildman–Crippen LogP) is 1.71. The minimum Gasteiger partial charge on any atom is -0.327 e. The first-order chi connectivity index (χ1) is 15.5. The summed E-state index contributed by atoms with van der Waals surface area (Å²) in [6, 6.07) is 5.98. The van der Waals surface area contributed by atoms with Crippen molar-refractivity contribution >= 4 is 29.1 Å². The van der Waals surface area contributed by atoms with E-state index in [1.807, 2.05) is 0 Å². The van der Waals surface area contributed by atoms with Gasteiger partial charge in [0.1, 0.15) is 12.6 Å². The smallest absolute Gasteiger partial charge is 0.267 e. The summed E-state index contributed by atoms with van der Waals surface area (Å²) in [5, 5.41) is 10.00. The van der Waals surface area contributed by atoms with Crippen molar-refractivity contribution in [2.75, 3.05) is 17.2 Å². The first-order valence-corrected chi connectivity index (χ1v) is 11.2. The molecule has 1 aromatic carbocycles. The molecule has 2 aliphatic heterocycles. The summed E-state index contributed by atoms with van der Waals surface area (Å²) >= 11 is 0. The molecule has 1 aliphatic carbocycles. The molecule has 0 bridgehead atoms. The third-order valence-electron chi connectivity index (χ3n) is 6.43. The van der Waals surface area contributed by atoms with E-state index in [1.165, 1.54) is 4.68 Å². The standard InChI is InChI=1S/C23H25N5O4/c29-20(13-28-21(30)11-14-5-2-1-3-6-17(14)26-28)24-15-8-9-18-16(12-15)23(32)27-10-4-7-19(27)22(31)25-18/h8-9,11-12,19H,1-7,10,13H2,(H,24,29)(H,25,31)/t19-/m0/s1. The number of rotatable bonds is 3. The lowest BCUT2D eigenvalue weighted by molar-refractivity contribution is -0.119. The molecule has 1 saturated heterocycles. The average molecular weight is 435 g/mol. The second-order valence-electron chi connectivity index (χ2n) is 8.63. The van der Waals surface area contributed by atoms with Crippen molar-refractivity contribution in [2.24, 2.45) is 0 Å². The van der Waals surface area contributed by atoms with Crippen molar-refractivity contribution in [3.63, 3.8) is 0 Å². The SMILES string of the molecule is O=C(Cn1nc2c(cc1=O)CCCCC2)Nc1ccc2c(c1)C(=O)N1CCC[C@H]1C(=O)N2. The monoisotopic (exact) mass is 435 g/mol. The van der Waals surface area contributed by atoms with Crippen molar-refractivity contribution in [1.82, 2.24) is 14.7 Å². The summed E-state index contributed by atoms with van der Waals surface area (Å²) in [7, 11) is 0. The van der Waals surface area contributed by atoms with E-state index in [1.54, 1.807) is 29.2 Å². The van der Waals surface area contributed by atoms with Crippen LogP contribution in [0.15, 0.2) is 29.1 Å². The molecule has 9 heteroatoms. The second-order valence-corrected chi connectivity index (χ2v) is 8.63. The lowest BCUT2D eigenvalue weighted by Gasteiger charge is -2.20. The number of hydrogen-bond donors (Lipinski definition) is 2. The van der Waals surface area contributed by atoms with Gasteiger partial charge in [0.05, 0.1) is 16.9 Å². The fourth-order valence-corrected chi connectivity index (χ4v) is 4.79. The molecule has 166 valence electrons. The molecule has 1 aromatic heterocycles. The predicted molar refractivity (Wildman–Crippen MR) is 118 cm³/mol. The van der Waals surface area contributed by atoms with E-state index in [9.17, 15) is 19.2 Å². The van der Waals surface area contributed by atoms with Crippen molar-refractivity contribution in [2.45, 2.75) is 57.5 Å². The Labute approximate surface area is 184 Å². The third kappa shape index (κ3) is 3.79. The third-order valence-corrected chi connectivity index (χ3v) is 6.43. The van der Waals surface area contributed by atoms with Gasteiger partial charge >= 0.3 is 0 Å². The van der Waals surface area contributed by atoms with Gasteiger partial charge in [-0.25, -0.2) is 4.68 Å². The summed E-state index contributed by atoms with van der Waals surface area (Å²) in [6.45, 7) is 0.335. The average Bonchev–Trinajstić information content (AvgIpc) is 3.12. The number of fused-ring (bicyclic) bond motifs is 3. The van der Waals surface area contributed by atoms with Crippen LogP contribution in [0, 0.1) is 0 Å². The Kier molecular flexibility index (Phi) is 5.24. The topological polar surface area (TPSA) is 113 Å². The number of hydrogen-bond acceptors (Lipinski definition) is 5. The van der Waals surface area contributed by atoms with Crippen LogP contribution in [-0.4, -0.2) is 45.0 Å². The number of nitrogens with one attached hydrogen (secondary N) is 2. The Morgan fingerprint density at radius 2 is 1.94 bits per heavy atom. The molecule has 5 rings (SSSR count). The van der Waals surface area contributed by atoms with Crippen LogP contribution in [-0.2, 0) is 29.0 Å². The van der Waals surface area contributed by atoms with Crippen LogP contribution in [0.5, 0.6) is 0 Å². The van der Waals surface area contributed by atoms with E-state index in [0.29, 0.717) is 29.9 Å². The molecular formula is C23H25N5O4. The molecule has 0 saturated carbocycles. The van der Waals surface area contributed by atoms with Crippen LogP contribution >= 0.6 is 0 Å². The summed E-state index contributed by atoms with van der Waals surface area (Å²) in [4.78, 5) is 52.0. The highest BCUT2D eigenvalue weighted by Gasteiger charge is 2.38. The molecule has 9 nitrogen and oxygen atoms in total. The molecule has 0 radical (unpaired) electrons. The van der Waals surface area contributed by atoms with Crippen LogP contribution in [0.2, 0.25) is 0 Å². The van der Waals surface area contributed by atoms with Gasteiger partial charge in [0.2, 0.25) is 11.8 Å². The Balaban J connectivity index is 1.34. The summed E-state index contributed by atoms with van der Waals surface area (Å²) in [5.41, 5.74) is 2.80. The van der Waals surface area contributed by atoms with Gasteiger partial charge in [0.15, 0.2) is 0 Å². The van der Waals surface area contributed by atoms with Crippen molar-refractivity contribution in [3.8, 4) is 0 Å². The maximum Gasteiger partial charge on any atom is 0.267 e. The Bertz CT molecular complexity index is 1170. The van der Waals surface area contributed by atoms with E-state index >= 15 is 0 Å². The number of amides is 3. The van der Waals surface area contributed by atoms with Crippen LogP contribution in [0.1, 0.15) is 53.7 Å². The second kappa shape index (κ2) is 8.22. The largest absolute Gasteiger partial charge is 0.327 e. The van der Waals surface area contributed by atoms with Gasteiger partial charge in [-0.3, -0.25) is 19.2 Å². The lowest BCUT2D eigenvalue weighted by atomic mass is 10.1. The summed E-state index contributed by atoms with van der Waals surface area (Å²) < 4.78 is 1.20. The zero-order chi connectivity index (χ0) is 22.2. The van der Waals surface area contributed by atoms with E-state index in [4.69, 9.17) is 0 Å². The maximum absolute atomic E-state index is 13.0. The van der Waals surface area contributed by atoms with Gasteiger partial charge in [0, 0.05) is 18.3 Å². The first kappa shape index (κ1) is 20.4. The number of aromatic nitrogens is 2. The fourth-order valence-electron chi connectivity index (χ4n) is 4.79. The molecule has 0 unspecified atom stereocenters. The van der Waals surface area contributed by atoms with Crippen LogP contribution < -0.4 is 16.2 Å². The lowest BCUT2D eigenvalue weighted by Crippen LogP contribution is -2.40. The Morgan fingerprint density at radius 3 is 2.81 bits per heavy atom. The van der Waals surface area contributed by atoms with Crippen LogP contribution in [0.25, 0.3) is 0 Å². The number of benzene rings is 1.